The van der Waals surface area contributed by atoms with E-state index in [1.165, 1.54) is 5.56 Å². The second-order valence-electron chi connectivity index (χ2n) is 8.11. The number of nitrogens with two attached hydrogens (primary N) is 1. The molecular formula is C24H31N3O2. The van der Waals surface area contributed by atoms with Crippen molar-refractivity contribution in [2.24, 2.45) is 11.7 Å². The summed E-state index contributed by atoms with van der Waals surface area (Å²) in [5.41, 5.74) is 9.26. The highest BCUT2D eigenvalue weighted by atomic mass is 16.2. The molecule has 2 aromatic carbocycles. The molecule has 2 amide bonds. The minimum Gasteiger partial charge on any atom is -0.354 e. The molecular weight excluding hydrogens is 362 g/mol. The maximum absolute atomic E-state index is 12.6. The van der Waals surface area contributed by atoms with Crippen LogP contribution in [-0.2, 0) is 4.79 Å². The van der Waals surface area contributed by atoms with Crippen LogP contribution in [0.3, 0.4) is 0 Å². The van der Waals surface area contributed by atoms with E-state index in [9.17, 15) is 9.59 Å². The molecule has 1 aliphatic rings. The maximum atomic E-state index is 12.6. The van der Waals surface area contributed by atoms with Gasteiger partial charge >= 0.3 is 0 Å². The normalized spacial score (nSPS) is 15.9. The number of benzene rings is 2. The molecule has 29 heavy (non-hydrogen) atoms. The van der Waals surface area contributed by atoms with Crippen molar-refractivity contribution in [3.05, 3.63) is 71.3 Å². The van der Waals surface area contributed by atoms with E-state index in [1.54, 1.807) is 0 Å². The number of amides is 2. The van der Waals surface area contributed by atoms with E-state index in [2.05, 4.69) is 31.3 Å². The van der Waals surface area contributed by atoms with Gasteiger partial charge in [-0.25, -0.2) is 0 Å². The summed E-state index contributed by atoms with van der Waals surface area (Å²) in [6.07, 6.45) is 1.37. The molecule has 1 aliphatic heterocycles. The van der Waals surface area contributed by atoms with Crippen LogP contribution in [-0.4, -0.2) is 36.3 Å². The van der Waals surface area contributed by atoms with E-state index in [-0.39, 0.29) is 23.8 Å². The largest absolute Gasteiger partial charge is 0.354 e. The highest BCUT2D eigenvalue weighted by molar-refractivity contribution is 5.94. The maximum Gasteiger partial charge on any atom is 0.253 e. The summed E-state index contributed by atoms with van der Waals surface area (Å²) < 4.78 is 0. The molecule has 0 spiro atoms. The molecule has 0 aliphatic carbocycles. The molecule has 5 nitrogen and oxygen atoms in total. The molecule has 1 saturated heterocycles. The van der Waals surface area contributed by atoms with Gasteiger partial charge in [0.25, 0.3) is 5.91 Å². The summed E-state index contributed by atoms with van der Waals surface area (Å²) in [7, 11) is 0. The predicted molar refractivity (Wildman–Crippen MR) is 116 cm³/mol. The number of likely N-dealkylation sites (tertiary alicyclic amines) is 1. The number of rotatable bonds is 6. The quantitative estimate of drug-likeness (QED) is 0.789. The zero-order chi connectivity index (χ0) is 20.8. The molecule has 2 aromatic rings. The summed E-state index contributed by atoms with van der Waals surface area (Å²) in [5, 5.41) is 3.00. The van der Waals surface area contributed by atoms with Gasteiger partial charge in [0, 0.05) is 37.2 Å². The highest BCUT2D eigenvalue weighted by Crippen LogP contribution is 2.20. The molecule has 3 rings (SSSR count). The van der Waals surface area contributed by atoms with Crippen molar-refractivity contribution in [2.45, 2.75) is 38.6 Å². The minimum absolute atomic E-state index is 0.0334. The predicted octanol–water partition coefficient (Wildman–Crippen LogP) is 3.48. The van der Waals surface area contributed by atoms with Crippen LogP contribution in [0.15, 0.2) is 54.6 Å². The number of piperidine rings is 1. The van der Waals surface area contributed by atoms with Crippen molar-refractivity contribution >= 4 is 11.8 Å². The molecule has 0 aromatic heterocycles. The van der Waals surface area contributed by atoms with Gasteiger partial charge < -0.3 is 16.0 Å². The minimum atomic E-state index is -0.222. The van der Waals surface area contributed by atoms with Gasteiger partial charge in [0.2, 0.25) is 5.91 Å². The van der Waals surface area contributed by atoms with Crippen molar-refractivity contribution in [2.75, 3.05) is 19.6 Å². The van der Waals surface area contributed by atoms with Gasteiger partial charge in [-0.2, -0.15) is 0 Å². The molecule has 3 N–H and O–H groups in total. The first-order valence-corrected chi connectivity index (χ1v) is 10.4. The number of nitrogens with zero attached hydrogens (tertiary/aromatic N) is 1. The van der Waals surface area contributed by atoms with Gasteiger partial charge in [-0.3, -0.25) is 9.59 Å². The lowest BCUT2D eigenvalue weighted by Gasteiger charge is -2.31. The summed E-state index contributed by atoms with van der Waals surface area (Å²) in [5.74, 6) is 0.493. The summed E-state index contributed by atoms with van der Waals surface area (Å²) in [4.78, 5) is 26.9. The summed E-state index contributed by atoms with van der Waals surface area (Å²) >= 11 is 0. The summed E-state index contributed by atoms with van der Waals surface area (Å²) in [6, 6.07) is 17.4. The third-order valence-electron chi connectivity index (χ3n) is 5.70. The zero-order valence-corrected chi connectivity index (χ0v) is 17.3. The lowest BCUT2D eigenvalue weighted by molar-refractivity contribution is -0.126. The standard InChI is InChI=1S/C24H31N3O2/c1-17(2)18-8-10-19(11-9-18)22(25)16-26-23(28)20-12-14-27(15-13-20)24(29)21-6-4-3-5-7-21/h3-11,17,20,22H,12-16,25H2,1-2H3,(H,26,28). The van der Waals surface area contributed by atoms with Crippen LogP contribution in [0.4, 0.5) is 0 Å². The Balaban J connectivity index is 1.45. The number of nitrogens with one attached hydrogen (secondary N) is 1. The Morgan fingerprint density at radius 3 is 2.17 bits per heavy atom. The zero-order valence-electron chi connectivity index (χ0n) is 17.3. The molecule has 154 valence electrons. The molecule has 5 heteroatoms. The first kappa shape index (κ1) is 21.1. The first-order chi connectivity index (χ1) is 14.0. The number of carbonyl (C=O) groups is 2. The van der Waals surface area contributed by atoms with Crippen LogP contribution in [0.25, 0.3) is 0 Å². The fourth-order valence-corrected chi connectivity index (χ4v) is 3.71. The third-order valence-corrected chi connectivity index (χ3v) is 5.70. The Kier molecular flexibility index (Phi) is 7.04. The third kappa shape index (κ3) is 5.45. The number of hydrogen-bond donors (Lipinski definition) is 2. The summed E-state index contributed by atoms with van der Waals surface area (Å²) in [6.45, 7) is 5.95. The molecule has 1 fully saturated rings. The van der Waals surface area contributed by atoms with Gasteiger partial charge in [-0.05, 0) is 42.0 Å². The Bertz CT molecular complexity index is 810. The Morgan fingerprint density at radius 1 is 1.00 bits per heavy atom. The van der Waals surface area contributed by atoms with Crippen LogP contribution >= 0.6 is 0 Å². The average molecular weight is 394 g/mol. The van der Waals surface area contributed by atoms with Crippen LogP contribution in [0.1, 0.15) is 60.1 Å². The van der Waals surface area contributed by atoms with Crippen LogP contribution in [0.5, 0.6) is 0 Å². The first-order valence-electron chi connectivity index (χ1n) is 10.4. The highest BCUT2D eigenvalue weighted by Gasteiger charge is 2.27. The fourth-order valence-electron chi connectivity index (χ4n) is 3.71. The van der Waals surface area contributed by atoms with Crippen molar-refractivity contribution in [3.63, 3.8) is 0 Å². The lowest BCUT2D eigenvalue weighted by Crippen LogP contribution is -2.44. The number of carbonyl (C=O) groups excluding carboxylic acids is 2. The van der Waals surface area contributed by atoms with Gasteiger partial charge in [0.1, 0.15) is 0 Å². The molecule has 1 unspecified atom stereocenters. The Labute approximate surface area is 173 Å². The van der Waals surface area contributed by atoms with E-state index in [0.717, 1.165) is 5.56 Å². The van der Waals surface area contributed by atoms with Gasteiger partial charge in [-0.15, -0.1) is 0 Å². The van der Waals surface area contributed by atoms with Crippen LogP contribution < -0.4 is 11.1 Å². The molecule has 0 bridgehead atoms. The van der Waals surface area contributed by atoms with E-state index < -0.39 is 0 Å². The van der Waals surface area contributed by atoms with E-state index >= 15 is 0 Å². The SMILES string of the molecule is CC(C)c1ccc(C(N)CNC(=O)C2CCN(C(=O)c3ccccc3)CC2)cc1. The van der Waals surface area contributed by atoms with Gasteiger partial charge in [0.05, 0.1) is 0 Å². The van der Waals surface area contributed by atoms with Crippen molar-refractivity contribution in [1.82, 2.24) is 10.2 Å². The van der Waals surface area contributed by atoms with Gasteiger partial charge in [0.15, 0.2) is 0 Å². The van der Waals surface area contributed by atoms with Crippen molar-refractivity contribution in [3.8, 4) is 0 Å². The van der Waals surface area contributed by atoms with Crippen molar-refractivity contribution in [1.29, 1.82) is 0 Å². The molecule has 1 atom stereocenters. The second kappa shape index (κ2) is 9.70. The molecule has 1 heterocycles. The molecule has 0 saturated carbocycles. The van der Waals surface area contributed by atoms with E-state index in [1.807, 2.05) is 47.4 Å². The van der Waals surface area contributed by atoms with Crippen LogP contribution in [0.2, 0.25) is 0 Å². The van der Waals surface area contributed by atoms with Crippen molar-refractivity contribution < 1.29 is 9.59 Å². The van der Waals surface area contributed by atoms with Gasteiger partial charge in [-0.1, -0.05) is 56.3 Å². The lowest BCUT2D eigenvalue weighted by atomic mass is 9.95. The Hall–Kier alpha value is -2.66. The average Bonchev–Trinajstić information content (AvgIpc) is 2.77. The molecule has 0 radical (unpaired) electrons. The second-order valence-corrected chi connectivity index (χ2v) is 8.11. The van der Waals surface area contributed by atoms with E-state index in [4.69, 9.17) is 5.73 Å². The smallest absolute Gasteiger partial charge is 0.253 e. The topological polar surface area (TPSA) is 75.4 Å². The number of hydrogen-bond acceptors (Lipinski definition) is 3. The van der Waals surface area contributed by atoms with E-state index in [0.29, 0.717) is 44.0 Å². The monoisotopic (exact) mass is 393 g/mol. The Morgan fingerprint density at radius 2 is 1.59 bits per heavy atom. The van der Waals surface area contributed by atoms with Crippen LogP contribution in [0, 0.1) is 5.92 Å². The fraction of sp³-hybridized carbons (Fsp3) is 0.417.